The van der Waals surface area contributed by atoms with Gasteiger partial charge in [-0.25, -0.2) is 24.7 Å². The fraction of sp³-hybridized carbons (Fsp3) is 0.444. The Morgan fingerprint density at radius 1 is 1.08 bits per heavy atom. The molecule has 10 nitrogen and oxygen atoms in total. The van der Waals surface area contributed by atoms with Crippen molar-refractivity contribution in [2.24, 2.45) is 0 Å². The van der Waals surface area contributed by atoms with E-state index < -0.39 is 11.7 Å². The Morgan fingerprint density at radius 3 is 2.66 bits per heavy atom. The average molecular weight is 539 g/mol. The van der Waals surface area contributed by atoms with Crippen molar-refractivity contribution >= 4 is 34.6 Å². The number of hydrogen-bond donors (Lipinski definition) is 2. The Balaban J connectivity index is 1.45. The molecule has 202 valence electrons. The van der Waals surface area contributed by atoms with Crippen LogP contribution in [0.1, 0.15) is 44.9 Å². The first kappa shape index (κ1) is 28.9. The van der Waals surface area contributed by atoms with Crippen molar-refractivity contribution in [1.29, 1.82) is 0 Å². The first-order valence-corrected chi connectivity index (χ1v) is 13.5. The summed E-state index contributed by atoms with van der Waals surface area (Å²) < 4.78 is 16.6. The summed E-state index contributed by atoms with van der Waals surface area (Å²) in [6.45, 7) is 7.61. The summed E-state index contributed by atoms with van der Waals surface area (Å²) in [5.74, 6) is 7.62. The molecule has 0 aromatic carbocycles. The number of ether oxygens (including phenoxy) is 3. The summed E-state index contributed by atoms with van der Waals surface area (Å²) in [5, 5.41) is 7.25. The number of rotatable bonds is 11. The van der Waals surface area contributed by atoms with E-state index in [1.165, 1.54) is 11.8 Å². The number of fused-ring (bicyclic) bond motifs is 1. The van der Waals surface area contributed by atoms with E-state index in [0.29, 0.717) is 60.8 Å². The first-order chi connectivity index (χ1) is 18.3. The maximum atomic E-state index is 11.6. The van der Waals surface area contributed by atoms with Gasteiger partial charge in [-0.05, 0) is 45.4 Å². The lowest BCUT2D eigenvalue weighted by atomic mass is 10.2. The molecular formula is C27H34N6O4S. The molecule has 0 aliphatic carbocycles. The van der Waals surface area contributed by atoms with Crippen molar-refractivity contribution in [2.75, 3.05) is 45.0 Å². The van der Waals surface area contributed by atoms with Crippen molar-refractivity contribution < 1.29 is 19.0 Å². The minimum atomic E-state index is -0.499. The second-order valence-electron chi connectivity index (χ2n) is 9.11. The van der Waals surface area contributed by atoms with E-state index in [4.69, 9.17) is 14.2 Å². The monoisotopic (exact) mass is 538 g/mol. The van der Waals surface area contributed by atoms with Crippen LogP contribution < -0.4 is 15.4 Å². The SMILES string of the molecule is CNc1ncc(C#Cc2cc(OCCCOCCCNC(=O)OC(C)(C)C)ccn2)c2nc(SC)ncc12. The van der Waals surface area contributed by atoms with Crippen molar-refractivity contribution in [2.45, 2.75) is 44.4 Å². The number of aromatic nitrogens is 4. The molecule has 1 amide bonds. The van der Waals surface area contributed by atoms with Crippen molar-refractivity contribution in [3.8, 4) is 17.6 Å². The van der Waals surface area contributed by atoms with Crippen LogP contribution in [0.25, 0.3) is 10.9 Å². The quantitative estimate of drug-likeness (QED) is 0.158. The number of nitrogens with one attached hydrogen (secondary N) is 2. The van der Waals surface area contributed by atoms with E-state index in [-0.39, 0.29) is 0 Å². The number of alkyl carbamates (subject to hydrolysis) is 1. The Labute approximate surface area is 227 Å². The van der Waals surface area contributed by atoms with Crippen LogP contribution in [0, 0.1) is 11.8 Å². The maximum absolute atomic E-state index is 11.6. The van der Waals surface area contributed by atoms with Crippen LogP contribution in [0.3, 0.4) is 0 Å². The van der Waals surface area contributed by atoms with Gasteiger partial charge in [-0.3, -0.25) is 0 Å². The van der Waals surface area contributed by atoms with E-state index in [2.05, 4.69) is 42.4 Å². The first-order valence-electron chi connectivity index (χ1n) is 12.3. The lowest BCUT2D eigenvalue weighted by Gasteiger charge is -2.19. The predicted octanol–water partition coefficient (Wildman–Crippen LogP) is 4.28. The minimum Gasteiger partial charge on any atom is -0.493 e. The van der Waals surface area contributed by atoms with Crippen LogP contribution in [0.15, 0.2) is 35.9 Å². The number of hydrogen-bond acceptors (Lipinski definition) is 10. The van der Waals surface area contributed by atoms with Crippen LogP contribution in [0.2, 0.25) is 0 Å². The number of thioether (sulfide) groups is 1. The Hall–Kier alpha value is -3.62. The molecule has 0 atom stereocenters. The highest BCUT2D eigenvalue weighted by Crippen LogP contribution is 2.23. The molecule has 0 radical (unpaired) electrons. The van der Waals surface area contributed by atoms with Gasteiger partial charge in [-0.2, -0.15) is 0 Å². The van der Waals surface area contributed by atoms with Crippen LogP contribution in [-0.2, 0) is 9.47 Å². The molecule has 3 aromatic heterocycles. The number of amides is 1. The van der Waals surface area contributed by atoms with Gasteiger partial charge in [0.05, 0.1) is 23.1 Å². The largest absolute Gasteiger partial charge is 0.493 e. The maximum Gasteiger partial charge on any atom is 0.407 e. The molecule has 0 unspecified atom stereocenters. The van der Waals surface area contributed by atoms with Gasteiger partial charge in [-0.15, -0.1) is 0 Å². The molecule has 11 heteroatoms. The Kier molecular flexibility index (Phi) is 10.9. The standard InChI is InChI=1S/C27H34N6O4S/c1-27(2,3)37-26(34)30-11-6-13-35-14-7-15-36-21-10-12-29-20(16-21)9-8-19-17-31-24(28-4)22-18-32-25(38-5)33-23(19)22/h10,12,16-18H,6-7,11,13-15H2,1-5H3,(H,28,31)(H,30,34). The zero-order valence-electron chi connectivity index (χ0n) is 22.5. The molecule has 0 saturated carbocycles. The summed E-state index contributed by atoms with van der Waals surface area (Å²) in [7, 11) is 1.81. The van der Waals surface area contributed by atoms with Crippen molar-refractivity contribution in [1.82, 2.24) is 25.3 Å². The molecule has 38 heavy (non-hydrogen) atoms. The smallest absolute Gasteiger partial charge is 0.407 e. The van der Waals surface area contributed by atoms with Crippen LogP contribution in [0.5, 0.6) is 5.75 Å². The van der Waals surface area contributed by atoms with Gasteiger partial charge >= 0.3 is 6.09 Å². The topological polar surface area (TPSA) is 120 Å². The highest BCUT2D eigenvalue weighted by Gasteiger charge is 2.15. The highest BCUT2D eigenvalue weighted by molar-refractivity contribution is 7.98. The van der Waals surface area contributed by atoms with Crippen molar-refractivity contribution in [3.05, 3.63) is 42.0 Å². The number of anilines is 1. The molecule has 3 heterocycles. The highest BCUT2D eigenvalue weighted by atomic mass is 32.2. The second kappa shape index (κ2) is 14.4. The van der Waals surface area contributed by atoms with E-state index >= 15 is 0 Å². The van der Waals surface area contributed by atoms with E-state index in [1.807, 2.05) is 34.1 Å². The van der Waals surface area contributed by atoms with Gasteiger partial charge in [0.2, 0.25) is 0 Å². The molecule has 0 aliphatic heterocycles. The van der Waals surface area contributed by atoms with Crippen LogP contribution in [-0.4, -0.2) is 71.3 Å². The third-order valence-electron chi connectivity index (χ3n) is 4.91. The average Bonchev–Trinajstić information content (AvgIpc) is 2.89. The number of carbonyl (C=O) groups is 1. The fourth-order valence-corrected chi connectivity index (χ4v) is 3.57. The zero-order valence-corrected chi connectivity index (χ0v) is 23.3. The number of pyridine rings is 2. The number of nitrogens with zero attached hydrogens (tertiary/aromatic N) is 4. The summed E-state index contributed by atoms with van der Waals surface area (Å²) in [4.78, 5) is 29.3. The van der Waals surface area contributed by atoms with Gasteiger partial charge in [0.1, 0.15) is 22.9 Å². The van der Waals surface area contributed by atoms with Gasteiger partial charge in [-0.1, -0.05) is 17.7 Å². The lowest BCUT2D eigenvalue weighted by Crippen LogP contribution is -2.33. The van der Waals surface area contributed by atoms with E-state index in [9.17, 15) is 4.79 Å². The van der Waals surface area contributed by atoms with Crippen molar-refractivity contribution in [3.63, 3.8) is 0 Å². The van der Waals surface area contributed by atoms with Crippen LogP contribution in [0.4, 0.5) is 10.6 Å². The zero-order chi connectivity index (χ0) is 27.4. The lowest BCUT2D eigenvalue weighted by molar-refractivity contribution is 0.0519. The molecule has 3 aromatic rings. The Bertz CT molecular complexity index is 1290. The van der Waals surface area contributed by atoms with Gasteiger partial charge < -0.3 is 24.8 Å². The fourth-order valence-electron chi connectivity index (χ4n) is 3.23. The molecular weight excluding hydrogens is 504 g/mol. The molecule has 0 bridgehead atoms. The third-order valence-corrected chi connectivity index (χ3v) is 5.47. The summed E-state index contributed by atoms with van der Waals surface area (Å²) in [6.07, 6.45) is 8.09. The molecule has 0 aliphatic rings. The molecule has 2 N–H and O–H groups in total. The second-order valence-corrected chi connectivity index (χ2v) is 9.89. The Morgan fingerprint density at radius 2 is 1.89 bits per heavy atom. The minimum absolute atomic E-state index is 0.414. The normalized spacial score (nSPS) is 11.0. The van der Waals surface area contributed by atoms with E-state index in [0.717, 1.165) is 17.3 Å². The molecule has 3 rings (SSSR count). The number of carbonyl (C=O) groups excluding carboxylic acids is 1. The summed E-state index contributed by atoms with van der Waals surface area (Å²) >= 11 is 1.47. The van der Waals surface area contributed by atoms with Crippen LogP contribution >= 0.6 is 11.8 Å². The summed E-state index contributed by atoms with van der Waals surface area (Å²) in [6, 6.07) is 3.60. The molecule has 0 saturated heterocycles. The van der Waals surface area contributed by atoms with Gasteiger partial charge in [0.25, 0.3) is 0 Å². The van der Waals surface area contributed by atoms with E-state index in [1.54, 1.807) is 30.7 Å². The third kappa shape index (κ3) is 9.36. The van der Waals surface area contributed by atoms with Gasteiger partial charge in [0, 0.05) is 57.9 Å². The van der Waals surface area contributed by atoms with Gasteiger partial charge in [0.15, 0.2) is 5.16 Å². The molecule has 0 fully saturated rings. The predicted molar refractivity (Wildman–Crippen MR) is 149 cm³/mol. The molecule has 0 spiro atoms. The summed E-state index contributed by atoms with van der Waals surface area (Å²) in [5.41, 5.74) is 1.52.